The molecule has 2 aromatic carbocycles. The van der Waals surface area contributed by atoms with Gasteiger partial charge in [0.05, 0.1) is 0 Å². The van der Waals surface area contributed by atoms with E-state index in [4.69, 9.17) is 0 Å². The van der Waals surface area contributed by atoms with Crippen LogP contribution in [0.25, 0.3) is 0 Å². The smallest absolute Gasteiger partial charge is 0.318 e. The molecule has 4 rings (SSSR count). The number of amides is 1. The van der Waals surface area contributed by atoms with Gasteiger partial charge in [-0.1, -0.05) is 36.4 Å². The van der Waals surface area contributed by atoms with Gasteiger partial charge in [0.1, 0.15) is 5.82 Å². The number of rotatable bonds is 3. The number of anilines is 1. The lowest BCUT2D eigenvalue weighted by Gasteiger charge is -2.36. The number of hydrogen-bond donors (Lipinski definition) is 1. The Morgan fingerprint density at radius 3 is 2.07 bits per heavy atom. The minimum Gasteiger partial charge on any atom is -0.318 e. The number of carbonyl (C=O) groups is 1. The monoisotopic (exact) mass is 377 g/mol. The maximum absolute atomic E-state index is 15.1. The van der Waals surface area contributed by atoms with Gasteiger partial charge >= 0.3 is 12.1 Å². The molecule has 0 saturated heterocycles. The molecule has 6 heteroatoms. The minimum absolute atomic E-state index is 0.188. The van der Waals surface area contributed by atoms with Crippen molar-refractivity contribution >= 4 is 11.6 Å². The second-order valence-electron chi connectivity index (χ2n) is 7.43. The van der Waals surface area contributed by atoms with E-state index in [9.17, 15) is 18.0 Å². The number of nitrogens with one attached hydrogen (secondary N) is 1. The maximum atomic E-state index is 15.1. The number of benzene rings is 2. The zero-order valence-electron chi connectivity index (χ0n) is 14.5. The molecule has 0 unspecified atom stereocenters. The Bertz CT molecular complexity index is 842. The first kappa shape index (κ1) is 18.0. The van der Waals surface area contributed by atoms with Gasteiger partial charge in [-0.3, -0.25) is 4.79 Å². The Labute approximate surface area is 154 Å². The number of halogens is 4. The lowest BCUT2D eigenvalue weighted by atomic mass is 9.66. The Balaban J connectivity index is 1.76. The maximum Gasteiger partial charge on any atom is 0.471 e. The summed E-state index contributed by atoms with van der Waals surface area (Å²) in [5.41, 5.74) is 0.939. The summed E-state index contributed by atoms with van der Waals surface area (Å²) >= 11 is 0. The topological polar surface area (TPSA) is 29.1 Å². The van der Waals surface area contributed by atoms with E-state index in [0.717, 1.165) is 37.3 Å². The molecule has 0 aliphatic heterocycles. The number of hydrogen-bond acceptors (Lipinski definition) is 1. The van der Waals surface area contributed by atoms with Crippen molar-refractivity contribution in [2.24, 2.45) is 11.8 Å². The molecule has 0 aromatic heterocycles. The summed E-state index contributed by atoms with van der Waals surface area (Å²) in [4.78, 5) is 11.1. The predicted molar refractivity (Wildman–Crippen MR) is 93.8 cm³/mol. The molecule has 142 valence electrons. The first-order valence-corrected chi connectivity index (χ1v) is 9.07. The molecule has 0 heterocycles. The SMILES string of the molecule is O=C(Nc1ccc(C2(c3ccccc3)C3CCC2CC3)c(F)c1)C(F)(F)F. The van der Waals surface area contributed by atoms with Gasteiger partial charge in [0, 0.05) is 11.1 Å². The molecule has 0 spiro atoms. The molecule has 2 bridgehead atoms. The molecule has 27 heavy (non-hydrogen) atoms. The van der Waals surface area contributed by atoms with Crippen LogP contribution >= 0.6 is 0 Å². The molecule has 2 aliphatic rings. The molecule has 2 aromatic rings. The summed E-state index contributed by atoms with van der Waals surface area (Å²) in [5.74, 6) is -2.05. The van der Waals surface area contributed by atoms with E-state index in [1.165, 1.54) is 6.07 Å². The fourth-order valence-corrected chi connectivity index (χ4v) is 5.25. The second kappa shape index (κ2) is 6.36. The van der Waals surface area contributed by atoms with Crippen LogP contribution in [0, 0.1) is 17.7 Å². The van der Waals surface area contributed by atoms with Gasteiger partial charge in [0.15, 0.2) is 0 Å². The Morgan fingerprint density at radius 1 is 0.963 bits per heavy atom. The molecular weight excluding hydrogens is 358 g/mol. The summed E-state index contributed by atoms with van der Waals surface area (Å²) in [6, 6.07) is 13.7. The zero-order chi connectivity index (χ0) is 19.2. The van der Waals surface area contributed by atoms with Crippen LogP contribution < -0.4 is 5.32 Å². The molecule has 2 nitrogen and oxygen atoms in total. The largest absolute Gasteiger partial charge is 0.471 e. The summed E-state index contributed by atoms with van der Waals surface area (Å²) in [6.45, 7) is 0. The van der Waals surface area contributed by atoms with Crippen LogP contribution in [0.1, 0.15) is 36.8 Å². The fraction of sp³-hybridized carbons (Fsp3) is 0.381. The molecule has 2 aliphatic carbocycles. The fourth-order valence-electron chi connectivity index (χ4n) is 5.25. The van der Waals surface area contributed by atoms with E-state index >= 15 is 4.39 Å². The molecule has 0 radical (unpaired) electrons. The molecule has 2 saturated carbocycles. The van der Waals surface area contributed by atoms with Crippen LogP contribution in [0.2, 0.25) is 0 Å². The highest BCUT2D eigenvalue weighted by Gasteiger charge is 2.57. The quantitative estimate of drug-likeness (QED) is 0.710. The highest BCUT2D eigenvalue weighted by atomic mass is 19.4. The van der Waals surface area contributed by atoms with Gasteiger partial charge in [0.2, 0.25) is 0 Å². The van der Waals surface area contributed by atoms with Crippen LogP contribution in [0.5, 0.6) is 0 Å². The number of alkyl halides is 3. The van der Waals surface area contributed by atoms with Crippen molar-refractivity contribution in [3.63, 3.8) is 0 Å². The van der Waals surface area contributed by atoms with Crippen LogP contribution in [-0.4, -0.2) is 12.1 Å². The van der Waals surface area contributed by atoms with Crippen molar-refractivity contribution < 1.29 is 22.4 Å². The summed E-state index contributed by atoms with van der Waals surface area (Å²) < 4.78 is 52.5. The summed E-state index contributed by atoms with van der Waals surface area (Å²) in [5, 5.41) is 1.73. The molecule has 1 amide bonds. The first-order valence-electron chi connectivity index (χ1n) is 9.07. The van der Waals surface area contributed by atoms with Crippen molar-refractivity contribution in [3.8, 4) is 0 Å². The van der Waals surface area contributed by atoms with Gasteiger partial charge in [-0.05, 0) is 60.8 Å². The third kappa shape index (κ3) is 2.82. The Kier molecular flexibility index (Phi) is 4.24. The van der Waals surface area contributed by atoms with Gasteiger partial charge in [0.25, 0.3) is 0 Å². The third-order valence-electron chi connectivity index (χ3n) is 6.20. The second-order valence-corrected chi connectivity index (χ2v) is 7.43. The first-order chi connectivity index (χ1) is 12.8. The number of carbonyl (C=O) groups excluding carboxylic acids is 1. The summed E-state index contributed by atoms with van der Waals surface area (Å²) in [7, 11) is 0. The Morgan fingerprint density at radius 2 is 1.56 bits per heavy atom. The summed E-state index contributed by atoms with van der Waals surface area (Å²) in [6.07, 6.45) is -0.931. The average Bonchev–Trinajstić information content (AvgIpc) is 3.18. The van der Waals surface area contributed by atoms with Gasteiger partial charge in [-0.2, -0.15) is 13.2 Å². The van der Waals surface area contributed by atoms with Crippen LogP contribution in [0.3, 0.4) is 0 Å². The van der Waals surface area contributed by atoms with Gasteiger partial charge in [-0.25, -0.2) is 4.39 Å². The molecule has 1 N–H and O–H groups in total. The van der Waals surface area contributed by atoms with E-state index in [2.05, 4.69) is 0 Å². The van der Waals surface area contributed by atoms with Crippen molar-refractivity contribution in [1.82, 2.24) is 0 Å². The van der Waals surface area contributed by atoms with Gasteiger partial charge in [-0.15, -0.1) is 0 Å². The lowest BCUT2D eigenvalue weighted by molar-refractivity contribution is -0.167. The molecule has 2 fully saturated rings. The van der Waals surface area contributed by atoms with Crippen molar-refractivity contribution in [1.29, 1.82) is 0 Å². The van der Waals surface area contributed by atoms with Crippen LogP contribution in [0.15, 0.2) is 48.5 Å². The van der Waals surface area contributed by atoms with Crippen LogP contribution in [0.4, 0.5) is 23.2 Å². The minimum atomic E-state index is -5.01. The third-order valence-corrected chi connectivity index (χ3v) is 6.20. The highest BCUT2D eigenvalue weighted by Crippen LogP contribution is 2.62. The van der Waals surface area contributed by atoms with Crippen LogP contribution in [-0.2, 0) is 10.2 Å². The normalized spacial score (nSPS) is 27.0. The zero-order valence-corrected chi connectivity index (χ0v) is 14.5. The van der Waals surface area contributed by atoms with E-state index in [-0.39, 0.29) is 5.69 Å². The molecular formula is C21H19F4NO. The average molecular weight is 377 g/mol. The van der Waals surface area contributed by atoms with Crippen molar-refractivity contribution in [3.05, 3.63) is 65.5 Å². The highest BCUT2D eigenvalue weighted by molar-refractivity contribution is 5.94. The van der Waals surface area contributed by atoms with E-state index in [1.807, 2.05) is 30.3 Å². The number of fused-ring (bicyclic) bond motifs is 2. The van der Waals surface area contributed by atoms with Gasteiger partial charge < -0.3 is 5.32 Å². The standard InChI is InChI=1S/C21H19F4NO/c22-18-12-16(26-19(27)21(23,24)25)10-11-17(18)20(13-4-2-1-3-5-13)14-6-7-15(20)9-8-14/h1-5,10-12,14-15H,6-9H2,(H,26,27). The van der Waals surface area contributed by atoms with E-state index in [0.29, 0.717) is 17.4 Å². The Hall–Kier alpha value is -2.37. The van der Waals surface area contributed by atoms with Crippen molar-refractivity contribution in [2.45, 2.75) is 37.3 Å². The van der Waals surface area contributed by atoms with E-state index in [1.54, 1.807) is 11.4 Å². The predicted octanol–water partition coefficient (Wildman–Crippen LogP) is 5.43. The lowest BCUT2D eigenvalue weighted by Crippen LogP contribution is -2.34. The molecule has 0 atom stereocenters. The van der Waals surface area contributed by atoms with Crippen molar-refractivity contribution in [2.75, 3.05) is 5.32 Å². The van der Waals surface area contributed by atoms with E-state index < -0.39 is 23.3 Å².